The maximum Gasteiger partial charge on any atom is 0.262 e. The van der Waals surface area contributed by atoms with Crippen LogP contribution in [0.5, 0.6) is 11.5 Å². The van der Waals surface area contributed by atoms with E-state index < -0.39 is 20.0 Å². The van der Waals surface area contributed by atoms with Crippen molar-refractivity contribution in [3.8, 4) is 11.5 Å². The van der Waals surface area contributed by atoms with E-state index in [2.05, 4.69) is 25.4 Å². The van der Waals surface area contributed by atoms with E-state index in [-0.39, 0.29) is 15.5 Å². The van der Waals surface area contributed by atoms with E-state index >= 15 is 0 Å². The smallest absolute Gasteiger partial charge is 0.262 e. The lowest BCUT2D eigenvalue weighted by atomic mass is 10.2. The first kappa shape index (κ1) is 22.4. The summed E-state index contributed by atoms with van der Waals surface area (Å²) < 4.78 is 68.2. The molecule has 2 N–H and O–H groups in total. The fourth-order valence-corrected chi connectivity index (χ4v) is 5.75. The molecule has 1 aliphatic heterocycles. The van der Waals surface area contributed by atoms with Crippen molar-refractivity contribution in [2.75, 3.05) is 22.7 Å². The van der Waals surface area contributed by atoms with Crippen LogP contribution in [0.25, 0.3) is 0 Å². The molecule has 4 rings (SSSR count). The van der Waals surface area contributed by atoms with Gasteiger partial charge in [0.25, 0.3) is 20.0 Å². The molecule has 3 aromatic carbocycles. The Kier molecular flexibility index (Phi) is 6.06. The van der Waals surface area contributed by atoms with Gasteiger partial charge in [0, 0.05) is 16.2 Å². The fourth-order valence-electron chi connectivity index (χ4n) is 3.09. The highest BCUT2D eigenvalue weighted by atomic mass is 79.9. The normalized spacial score (nSPS) is 13.4. The van der Waals surface area contributed by atoms with Crippen LogP contribution in [0.15, 0.2) is 74.9 Å². The fraction of sp³-hybridized carbons (Fsp3) is 0.143. The third kappa shape index (κ3) is 4.84. The Morgan fingerprint density at radius 1 is 0.750 bits per heavy atom. The van der Waals surface area contributed by atoms with Crippen LogP contribution in [0.3, 0.4) is 0 Å². The zero-order valence-corrected chi connectivity index (χ0v) is 20.1. The molecule has 0 aromatic heterocycles. The molecule has 8 nitrogen and oxygen atoms in total. The largest absolute Gasteiger partial charge is 0.486 e. The number of nitrogens with one attached hydrogen (secondary N) is 2. The highest BCUT2D eigenvalue weighted by Crippen LogP contribution is 2.33. The highest BCUT2D eigenvalue weighted by Gasteiger charge is 2.22. The van der Waals surface area contributed by atoms with Crippen molar-refractivity contribution in [2.24, 2.45) is 0 Å². The van der Waals surface area contributed by atoms with E-state index in [0.29, 0.717) is 36.0 Å². The van der Waals surface area contributed by atoms with Crippen LogP contribution in [0.1, 0.15) is 5.56 Å². The number of ether oxygens (including phenoxy) is 2. The number of halogens is 1. The van der Waals surface area contributed by atoms with E-state index in [1.54, 1.807) is 31.2 Å². The summed E-state index contributed by atoms with van der Waals surface area (Å²) in [5.74, 6) is 0.808. The molecule has 0 spiro atoms. The zero-order chi connectivity index (χ0) is 22.9. The summed E-state index contributed by atoms with van der Waals surface area (Å²) in [6.07, 6.45) is 0. The van der Waals surface area contributed by atoms with Crippen molar-refractivity contribution in [1.82, 2.24) is 0 Å². The molecule has 1 aliphatic rings. The Bertz CT molecular complexity index is 1370. The minimum absolute atomic E-state index is 0.0280. The quantitative estimate of drug-likeness (QED) is 0.488. The van der Waals surface area contributed by atoms with Crippen LogP contribution in [0.2, 0.25) is 0 Å². The summed E-state index contributed by atoms with van der Waals surface area (Å²) >= 11 is 3.30. The molecule has 0 unspecified atom stereocenters. The van der Waals surface area contributed by atoms with E-state index in [1.165, 1.54) is 36.4 Å². The number of aryl methyl sites for hydroxylation is 1. The van der Waals surface area contributed by atoms with Gasteiger partial charge in [-0.15, -0.1) is 0 Å². The zero-order valence-electron chi connectivity index (χ0n) is 16.8. The van der Waals surface area contributed by atoms with Crippen molar-refractivity contribution in [3.63, 3.8) is 0 Å². The van der Waals surface area contributed by atoms with Gasteiger partial charge in [0.2, 0.25) is 0 Å². The van der Waals surface area contributed by atoms with Crippen molar-refractivity contribution < 1.29 is 26.3 Å². The van der Waals surface area contributed by atoms with Gasteiger partial charge in [-0.25, -0.2) is 16.8 Å². The number of anilines is 2. The average Bonchev–Trinajstić information content (AvgIpc) is 2.76. The first-order valence-corrected chi connectivity index (χ1v) is 13.2. The van der Waals surface area contributed by atoms with Gasteiger partial charge in [0.15, 0.2) is 11.5 Å². The van der Waals surface area contributed by atoms with Crippen LogP contribution in [-0.4, -0.2) is 30.0 Å². The molecule has 0 saturated carbocycles. The van der Waals surface area contributed by atoms with E-state index in [9.17, 15) is 16.8 Å². The van der Waals surface area contributed by atoms with Gasteiger partial charge < -0.3 is 9.47 Å². The first-order chi connectivity index (χ1) is 15.1. The molecular weight excluding hydrogens is 520 g/mol. The molecule has 0 fully saturated rings. The number of fused-ring (bicyclic) bond motifs is 1. The van der Waals surface area contributed by atoms with Gasteiger partial charge in [-0.1, -0.05) is 22.0 Å². The summed E-state index contributed by atoms with van der Waals surface area (Å²) in [6, 6.07) is 15.3. The molecular formula is C21H19BrN2O6S2. The summed E-state index contributed by atoms with van der Waals surface area (Å²) in [5.41, 5.74) is 0.966. The van der Waals surface area contributed by atoms with Crippen LogP contribution in [0, 0.1) is 6.92 Å². The van der Waals surface area contributed by atoms with E-state index in [4.69, 9.17) is 9.47 Å². The molecule has 0 amide bonds. The molecule has 11 heteroatoms. The van der Waals surface area contributed by atoms with Gasteiger partial charge in [-0.05, 0) is 61.0 Å². The Hall–Kier alpha value is -2.76. The summed E-state index contributed by atoms with van der Waals surface area (Å²) in [7, 11) is -7.94. The standard InChI is InChI=1S/C21H19BrN2O6S2/c1-14-2-5-17(12-21(14)32(27,28)23-16-6-3-15(22)4-7-16)24-31(25,26)18-8-9-19-20(13-18)30-11-10-29-19/h2-9,12-13,23-24H,10-11H2,1H3. The summed E-state index contributed by atoms with van der Waals surface area (Å²) in [4.78, 5) is -0.0671. The molecule has 32 heavy (non-hydrogen) atoms. The molecule has 0 aliphatic carbocycles. The Morgan fingerprint density at radius 2 is 1.38 bits per heavy atom. The molecule has 168 valence electrons. The SMILES string of the molecule is Cc1ccc(NS(=O)(=O)c2ccc3c(c2)OCCO3)cc1S(=O)(=O)Nc1ccc(Br)cc1. The Labute approximate surface area is 194 Å². The lowest BCUT2D eigenvalue weighted by Gasteiger charge is -2.19. The highest BCUT2D eigenvalue weighted by molar-refractivity contribution is 9.10. The number of sulfonamides is 2. The topological polar surface area (TPSA) is 111 Å². The van der Waals surface area contributed by atoms with E-state index in [1.807, 2.05) is 0 Å². The molecule has 0 saturated heterocycles. The monoisotopic (exact) mass is 538 g/mol. The van der Waals surface area contributed by atoms with E-state index in [0.717, 1.165) is 4.47 Å². The van der Waals surface area contributed by atoms with Crippen molar-refractivity contribution in [3.05, 3.63) is 70.7 Å². The molecule has 1 heterocycles. The molecule has 3 aromatic rings. The number of rotatable bonds is 6. The van der Waals surface area contributed by atoms with Gasteiger partial charge in [-0.3, -0.25) is 9.44 Å². The van der Waals surface area contributed by atoms with Crippen molar-refractivity contribution in [1.29, 1.82) is 0 Å². The predicted octanol–water partition coefficient (Wildman–Crippen LogP) is 4.13. The molecule has 0 bridgehead atoms. The predicted molar refractivity (Wildman–Crippen MR) is 124 cm³/mol. The summed E-state index contributed by atoms with van der Waals surface area (Å²) in [6.45, 7) is 2.36. The molecule has 0 atom stereocenters. The Balaban J connectivity index is 1.61. The van der Waals surface area contributed by atoms with Crippen LogP contribution in [0.4, 0.5) is 11.4 Å². The number of hydrogen-bond acceptors (Lipinski definition) is 6. The third-order valence-electron chi connectivity index (χ3n) is 4.65. The minimum atomic E-state index is -3.99. The van der Waals surface area contributed by atoms with Crippen LogP contribution >= 0.6 is 15.9 Å². The average molecular weight is 539 g/mol. The second-order valence-electron chi connectivity index (χ2n) is 7.00. The second kappa shape index (κ2) is 8.64. The first-order valence-electron chi connectivity index (χ1n) is 9.46. The third-order valence-corrected chi connectivity index (χ3v) is 8.08. The number of benzene rings is 3. The maximum atomic E-state index is 12.9. The van der Waals surface area contributed by atoms with Gasteiger partial charge in [-0.2, -0.15) is 0 Å². The maximum absolute atomic E-state index is 12.9. The van der Waals surface area contributed by atoms with Gasteiger partial charge in [0.05, 0.1) is 15.5 Å². The number of hydrogen-bond donors (Lipinski definition) is 2. The minimum Gasteiger partial charge on any atom is -0.486 e. The van der Waals surface area contributed by atoms with Crippen molar-refractivity contribution >= 4 is 47.4 Å². The van der Waals surface area contributed by atoms with Crippen LogP contribution < -0.4 is 18.9 Å². The lowest BCUT2D eigenvalue weighted by Crippen LogP contribution is -2.18. The summed E-state index contributed by atoms with van der Waals surface area (Å²) in [5, 5.41) is 0. The van der Waals surface area contributed by atoms with Crippen LogP contribution in [-0.2, 0) is 20.0 Å². The van der Waals surface area contributed by atoms with Gasteiger partial charge in [0.1, 0.15) is 13.2 Å². The van der Waals surface area contributed by atoms with Gasteiger partial charge >= 0.3 is 0 Å². The molecule has 0 radical (unpaired) electrons. The van der Waals surface area contributed by atoms with Crippen molar-refractivity contribution in [2.45, 2.75) is 16.7 Å². The lowest BCUT2D eigenvalue weighted by molar-refractivity contribution is 0.171. The Morgan fingerprint density at radius 3 is 2.09 bits per heavy atom. The second-order valence-corrected chi connectivity index (χ2v) is 11.3.